The highest BCUT2D eigenvalue weighted by Gasteiger charge is 2.17. The Labute approximate surface area is 116 Å². The van der Waals surface area contributed by atoms with E-state index in [-0.39, 0.29) is 10.8 Å². The molecule has 0 N–H and O–H groups in total. The molecule has 0 atom stereocenters. The van der Waals surface area contributed by atoms with Crippen LogP contribution < -0.4 is 4.18 Å². The van der Waals surface area contributed by atoms with Gasteiger partial charge >= 0.3 is 10.1 Å². The van der Waals surface area contributed by atoms with Crippen molar-refractivity contribution in [1.82, 2.24) is 4.98 Å². The zero-order valence-electron chi connectivity index (χ0n) is 10.4. The summed E-state index contributed by atoms with van der Waals surface area (Å²) in [6, 6.07) is 17.3. The molecule has 0 amide bonds. The second-order valence-corrected chi connectivity index (χ2v) is 5.76. The fourth-order valence-electron chi connectivity index (χ4n) is 1.88. The van der Waals surface area contributed by atoms with Crippen LogP contribution >= 0.6 is 0 Å². The van der Waals surface area contributed by atoms with Crippen LogP contribution in [0.3, 0.4) is 0 Å². The zero-order chi connectivity index (χ0) is 14.0. The summed E-state index contributed by atoms with van der Waals surface area (Å²) in [7, 11) is -3.87. The van der Waals surface area contributed by atoms with Gasteiger partial charge in [0.2, 0.25) is 5.88 Å². The molecule has 0 radical (unpaired) electrons. The fraction of sp³-hybridized carbons (Fsp3) is 0. The highest BCUT2D eigenvalue weighted by atomic mass is 32.2. The average molecular weight is 285 g/mol. The lowest BCUT2D eigenvalue weighted by atomic mass is 10.1. The first kappa shape index (κ1) is 12.6. The maximum atomic E-state index is 12.2. The quantitative estimate of drug-likeness (QED) is 0.694. The number of hydrogen-bond donors (Lipinski definition) is 0. The van der Waals surface area contributed by atoms with Gasteiger partial charge in [-0.25, -0.2) is 4.98 Å². The Hall–Kier alpha value is -2.40. The number of hydrogen-bond acceptors (Lipinski definition) is 4. The predicted octanol–water partition coefficient (Wildman–Crippen LogP) is 3.00. The number of rotatable bonds is 3. The molecule has 0 fully saturated rings. The number of fused-ring (bicyclic) bond motifs is 1. The van der Waals surface area contributed by atoms with Gasteiger partial charge in [-0.1, -0.05) is 36.4 Å². The largest absolute Gasteiger partial charge is 0.358 e. The standard InChI is InChI=1S/C15H11NO3S/c17-20(18,19-15-7-3-4-10-16-15)14-9-8-12-5-1-2-6-13(12)11-14/h1-11H. The lowest BCUT2D eigenvalue weighted by molar-refractivity contribution is 0.476. The second-order valence-electron chi connectivity index (χ2n) is 4.21. The molecule has 0 aliphatic heterocycles. The van der Waals surface area contributed by atoms with E-state index in [9.17, 15) is 8.42 Å². The first-order chi connectivity index (χ1) is 9.65. The Bertz CT molecular complexity index is 845. The van der Waals surface area contributed by atoms with E-state index in [4.69, 9.17) is 4.18 Å². The van der Waals surface area contributed by atoms with E-state index < -0.39 is 10.1 Å². The molecule has 3 aromatic rings. The van der Waals surface area contributed by atoms with Crippen molar-refractivity contribution in [2.24, 2.45) is 0 Å². The molecule has 0 bridgehead atoms. The van der Waals surface area contributed by atoms with Crippen LogP contribution in [0, 0.1) is 0 Å². The molecule has 2 aromatic carbocycles. The third-order valence-corrected chi connectivity index (χ3v) is 4.06. The van der Waals surface area contributed by atoms with Gasteiger partial charge in [0.1, 0.15) is 4.90 Å². The fourth-order valence-corrected chi connectivity index (χ4v) is 2.81. The van der Waals surface area contributed by atoms with Gasteiger partial charge in [0.25, 0.3) is 0 Å². The first-order valence-corrected chi connectivity index (χ1v) is 7.40. The van der Waals surface area contributed by atoms with Gasteiger partial charge in [-0.05, 0) is 29.0 Å². The number of benzene rings is 2. The molecule has 0 saturated heterocycles. The third kappa shape index (κ3) is 2.48. The molecule has 100 valence electrons. The van der Waals surface area contributed by atoms with Crippen LogP contribution in [-0.4, -0.2) is 13.4 Å². The van der Waals surface area contributed by atoms with Gasteiger partial charge in [-0.3, -0.25) is 0 Å². The van der Waals surface area contributed by atoms with Crippen molar-refractivity contribution >= 4 is 20.9 Å². The summed E-state index contributed by atoms with van der Waals surface area (Å²) < 4.78 is 29.4. The van der Waals surface area contributed by atoms with Crippen LogP contribution in [0.4, 0.5) is 0 Å². The average Bonchev–Trinajstić information content (AvgIpc) is 2.47. The number of pyridine rings is 1. The molecule has 1 heterocycles. The molecule has 3 rings (SSSR count). The number of nitrogens with zero attached hydrogens (tertiary/aromatic N) is 1. The lowest BCUT2D eigenvalue weighted by Gasteiger charge is -2.06. The summed E-state index contributed by atoms with van der Waals surface area (Å²) in [5.74, 6) is 0.0562. The topological polar surface area (TPSA) is 56.3 Å². The zero-order valence-corrected chi connectivity index (χ0v) is 11.2. The van der Waals surface area contributed by atoms with Crippen molar-refractivity contribution in [2.75, 3.05) is 0 Å². The summed E-state index contributed by atoms with van der Waals surface area (Å²) in [6.45, 7) is 0. The molecule has 0 saturated carbocycles. The van der Waals surface area contributed by atoms with Crippen molar-refractivity contribution in [3.63, 3.8) is 0 Å². The van der Waals surface area contributed by atoms with Crippen LogP contribution in [0.25, 0.3) is 10.8 Å². The number of aromatic nitrogens is 1. The lowest BCUT2D eigenvalue weighted by Crippen LogP contribution is -2.10. The Balaban J connectivity index is 2.01. The third-order valence-electron chi connectivity index (χ3n) is 2.84. The molecular weight excluding hydrogens is 274 g/mol. The molecule has 0 aliphatic rings. The minimum atomic E-state index is -3.87. The molecule has 5 heteroatoms. The molecular formula is C15H11NO3S. The molecule has 4 nitrogen and oxygen atoms in total. The summed E-state index contributed by atoms with van der Waals surface area (Å²) in [5, 5.41) is 1.82. The van der Waals surface area contributed by atoms with E-state index in [1.807, 2.05) is 24.3 Å². The molecule has 0 spiro atoms. The molecule has 20 heavy (non-hydrogen) atoms. The van der Waals surface area contributed by atoms with Gasteiger partial charge in [0.05, 0.1) is 0 Å². The summed E-state index contributed by atoms with van der Waals surface area (Å²) >= 11 is 0. The normalized spacial score (nSPS) is 11.4. The van der Waals surface area contributed by atoms with Crippen molar-refractivity contribution in [2.45, 2.75) is 4.90 Å². The van der Waals surface area contributed by atoms with E-state index in [1.165, 1.54) is 18.3 Å². The van der Waals surface area contributed by atoms with Crippen molar-refractivity contribution in [1.29, 1.82) is 0 Å². The maximum Gasteiger partial charge on any atom is 0.340 e. The van der Waals surface area contributed by atoms with Gasteiger partial charge < -0.3 is 4.18 Å². The van der Waals surface area contributed by atoms with E-state index in [1.54, 1.807) is 24.3 Å². The maximum absolute atomic E-state index is 12.2. The van der Waals surface area contributed by atoms with Crippen LogP contribution in [0.1, 0.15) is 0 Å². The minimum Gasteiger partial charge on any atom is -0.358 e. The molecule has 0 aliphatic carbocycles. The van der Waals surface area contributed by atoms with Crippen LogP contribution in [0.5, 0.6) is 5.88 Å². The van der Waals surface area contributed by atoms with Crippen molar-refractivity contribution in [3.8, 4) is 5.88 Å². The van der Waals surface area contributed by atoms with E-state index >= 15 is 0 Å². The van der Waals surface area contributed by atoms with E-state index in [0.29, 0.717) is 0 Å². The SMILES string of the molecule is O=S(=O)(Oc1ccccn1)c1ccc2ccccc2c1. The van der Waals surface area contributed by atoms with Gasteiger partial charge in [0, 0.05) is 12.3 Å². The summed E-state index contributed by atoms with van der Waals surface area (Å²) in [5.41, 5.74) is 0. The summed E-state index contributed by atoms with van der Waals surface area (Å²) in [6.07, 6.45) is 1.48. The van der Waals surface area contributed by atoms with Gasteiger partial charge in [-0.2, -0.15) is 8.42 Å². The Morgan fingerprint density at radius 2 is 1.60 bits per heavy atom. The Morgan fingerprint density at radius 1 is 0.850 bits per heavy atom. The Morgan fingerprint density at radius 3 is 2.35 bits per heavy atom. The first-order valence-electron chi connectivity index (χ1n) is 5.99. The monoisotopic (exact) mass is 285 g/mol. The highest BCUT2D eigenvalue weighted by molar-refractivity contribution is 7.87. The molecule has 0 unspecified atom stereocenters. The minimum absolute atomic E-state index is 0.0562. The van der Waals surface area contributed by atoms with E-state index in [2.05, 4.69) is 4.98 Å². The van der Waals surface area contributed by atoms with Crippen LogP contribution in [0.15, 0.2) is 71.8 Å². The van der Waals surface area contributed by atoms with Gasteiger partial charge in [0.15, 0.2) is 0 Å². The second kappa shape index (κ2) is 4.94. The Kier molecular flexibility index (Phi) is 3.12. The smallest absolute Gasteiger partial charge is 0.340 e. The van der Waals surface area contributed by atoms with Crippen molar-refractivity contribution < 1.29 is 12.6 Å². The van der Waals surface area contributed by atoms with Gasteiger partial charge in [-0.15, -0.1) is 0 Å². The predicted molar refractivity (Wildman–Crippen MR) is 76.0 cm³/mol. The van der Waals surface area contributed by atoms with Crippen LogP contribution in [0.2, 0.25) is 0 Å². The highest BCUT2D eigenvalue weighted by Crippen LogP contribution is 2.21. The summed E-state index contributed by atoms with van der Waals surface area (Å²) in [4.78, 5) is 3.96. The van der Waals surface area contributed by atoms with Crippen LogP contribution in [-0.2, 0) is 10.1 Å². The van der Waals surface area contributed by atoms with E-state index in [0.717, 1.165) is 10.8 Å². The van der Waals surface area contributed by atoms with Crippen molar-refractivity contribution in [3.05, 3.63) is 66.9 Å². The molecule has 1 aromatic heterocycles.